The normalized spacial score (nSPS) is 12.9. The Bertz CT molecular complexity index is 304. The van der Waals surface area contributed by atoms with Crippen LogP contribution in [-0.4, -0.2) is 37.1 Å². The Morgan fingerprint density at radius 2 is 2.18 bits per heavy atom. The predicted molar refractivity (Wildman–Crippen MR) is 62.5 cm³/mol. The zero-order chi connectivity index (χ0) is 12.5. The average Bonchev–Trinajstić information content (AvgIpc) is 2.78. The molecule has 0 radical (unpaired) electrons. The Labute approximate surface area is 101 Å². The third-order valence-electron chi connectivity index (χ3n) is 2.30. The van der Waals surface area contributed by atoms with Crippen molar-refractivity contribution < 1.29 is 14.0 Å². The minimum Gasteiger partial charge on any atom is -0.382 e. The molecule has 0 aromatic carbocycles. The summed E-state index contributed by atoms with van der Waals surface area (Å²) in [7, 11) is 1.64. The highest BCUT2D eigenvalue weighted by Crippen LogP contribution is 2.13. The summed E-state index contributed by atoms with van der Waals surface area (Å²) in [6.45, 7) is 3.81. The lowest BCUT2D eigenvalue weighted by Gasteiger charge is -2.02. The molecule has 0 spiro atoms. The molecule has 98 valence electrons. The summed E-state index contributed by atoms with van der Waals surface area (Å²) in [5.74, 6) is 1.16. The molecule has 1 heterocycles. The van der Waals surface area contributed by atoms with Gasteiger partial charge in [-0.1, -0.05) is 18.5 Å². The fraction of sp³-hybridized carbons (Fsp3) is 0.818. The van der Waals surface area contributed by atoms with Gasteiger partial charge >= 0.3 is 0 Å². The summed E-state index contributed by atoms with van der Waals surface area (Å²) in [5.41, 5.74) is 5.87. The lowest BCUT2D eigenvalue weighted by molar-refractivity contribution is 0.0714. The lowest BCUT2D eigenvalue weighted by Crippen LogP contribution is -2.10. The zero-order valence-corrected chi connectivity index (χ0v) is 10.5. The molecule has 0 saturated carbocycles. The van der Waals surface area contributed by atoms with Crippen LogP contribution in [0.2, 0.25) is 0 Å². The van der Waals surface area contributed by atoms with Crippen molar-refractivity contribution in [2.75, 3.05) is 26.9 Å². The number of rotatable bonds is 9. The highest BCUT2D eigenvalue weighted by molar-refractivity contribution is 4.91. The van der Waals surface area contributed by atoms with Gasteiger partial charge in [0.15, 0.2) is 5.82 Å². The molecule has 0 fully saturated rings. The minimum absolute atomic E-state index is 0.157. The summed E-state index contributed by atoms with van der Waals surface area (Å²) in [4.78, 5) is 4.23. The van der Waals surface area contributed by atoms with Gasteiger partial charge < -0.3 is 19.7 Å². The first-order chi connectivity index (χ1) is 8.27. The van der Waals surface area contributed by atoms with Gasteiger partial charge in [0.25, 0.3) is 0 Å². The fourth-order valence-electron chi connectivity index (χ4n) is 1.36. The summed E-state index contributed by atoms with van der Waals surface area (Å²) < 4.78 is 15.3. The standard InChI is InChI=1S/C11H21N3O3/c1-3-4-9(12)11-13-10(14-17-11)5-6-16-8-7-15-2/h9H,3-8,12H2,1-2H3/t9-/m1/s1. The number of hydrogen-bond donors (Lipinski definition) is 1. The minimum atomic E-state index is -0.157. The molecule has 1 atom stereocenters. The molecule has 0 aliphatic heterocycles. The van der Waals surface area contributed by atoms with Gasteiger partial charge in [-0.2, -0.15) is 4.98 Å². The van der Waals surface area contributed by atoms with E-state index >= 15 is 0 Å². The fourth-order valence-corrected chi connectivity index (χ4v) is 1.36. The van der Waals surface area contributed by atoms with E-state index in [1.165, 1.54) is 0 Å². The molecule has 0 amide bonds. The van der Waals surface area contributed by atoms with Gasteiger partial charge in [0.2, 0.25) is 5.89 Å². The highest BCUT2D eigenvalue weighted by atomic mass is 16.5. The third-order valence-corrected chi connectivity index (χ3v) is 2.30. The molecule has 0 aliphatic carbocycles. The first-order valence-corrected chi connectivity index (χ1v) is 5.92. The maximum Gasteiger partial charge on any atom is 0.243 e. The van der Waals surface area contributed by atoms with Crippen LogP contribution in [-0.2, 0) is 15.9 Å². The largest absolute Gasteiger partial charge is 0.382 e. The van der Waals surface area contributed by atoms with Crippen molar-refractivity contribution >= 4 is 0 Å². The van der Waals surface area contributed by atoms with Crippen LogP contribution < -0.4 is 5.73 Å². The van der Waals surface area contributed by atoms with Crippen molar-refractivity contribution in [2.24, 2.45) is 5.73 Å². The molecular formula is C11H21N3O3. The van der Waals surface area contributed by atoms with E-state index in [9.17, 15) is 0 Å². The number of hydrogen-bond acceptors (Lipinski definition) is 6. The predicted octanol–water partition coefficient (Wildman–Crippen LogP) is 1.07. The SMILES string of the molecule is CCC[C@@H](N)c1nc(CCOCCOC)no1. The van der Waals surface area contributed by atoms with Gasteiger partial charge in [-0.15, -0.1) is 0 Å². The van der Waals surface area contributed by atoms with Gasteiger partial charge in [0, 0.05) is 13.5 Å². The molecule has 1 rings (SSSR count). The van der Waals surface area contributed by atoms with E-state index in [0.29, 0.717) is 38.0 Å². The monoisotopic (exact) mass is 243 g/mol. The quantitative estimate of drug-likeness (QED) is 0.653. The maximum atomic E-state index is 5.87. The van der Waals surface area contributed by atoms with E-state index in [2.05, 4.69) is 17.1 Å². The smallest absolute Gasteiger partial charge is 0.243 e. The van der Waals surface area contributed by atoms with Gasteiger partial charge in [-0.3, -0.25) is 0 Å². The van der Waals surface area contributed by atoms with Crippen LogP contribution in [0, 0.1) is 0 Å². The Hall–Kier alpha value is -0.980. The summed E-state index contributed by atoms with van der Waals surface area (Å²) >= 11 is 0. The number of ether oxygens (including phenoxy) is 2. The number of methoxy groups -OCH3 is 1. The first-order valence-electron chi connectivity index (χ1n) is 5.92. The van der Waals surface area contributed by atoms with Crippen LogP contribution in [0.15, 0.2) is 4.52 Å². The van der Waals surface area contributed by atoms with E-state index in [1.807, 2.05) is 0 Å². The molecule has 2 N–H and O–H groups in total. The van der Waals surface area contributed by atoms with Gasteiger partial charge in [-0.05, 0) is 6.42 Å². The molecule has 6 nitrogen and oxygen atoms in total. The van der Waals surface area contributed by atoms with E-state index in [0.717, 1.165) is 12.8 Å². The topological polar surface area (TPSA) is 83.4 Å². The molecule has 6 heteroatoms. The Morgan fingerprint density at radius 3 is 2.88 bits per heavy atom. The number of aromatic nitrogens is 2. The number of nitrogens with two attached hydrogens (primary N) is 1. The van der Waals surface area contributed by atoms with Crippen molar-refractivity contribution in [3.05, 3.63) is 11.7 Å². The van der Waals surface area contributed by atoms with Crippen LogP contribution >= 0.6 is 0 Å². The molecule has 0 aliphatic rings. The second-order valence-corrected chi connectivity index (χ2v) is 3.80. The first kappa shape index (κ1) is 14.1. The van der Waals surface area contributed by atoms with Crippen LogP contribution in [0.3, 0.4) is 0 Å². The molecule has 17 heavy (non-hydrogen) atoms. The average molecular weight is 243 g/mol. The van der Waals surface area contributed by atoms with Crippen molar-refractivity contribution in [2.45, 2.75) is 32.2 Å². The van der Waals surface area contributed by atoms with E-state index in [4.69, 9.17) is 19.7 Å². The number of nitrogens with zero attached hydrogens (tertiary/aromatic N) is 2. The Morgan fingerprint density at radius 1 is 1.35 bits per heavy atom. The second kappa shape index (κ2) is 8.16. The molecular weight excluding hydrogens is 222 g/mol. The molecule has 0 saturated heterocycles. The van der Waals surface area contributed by atoms with Crippen molar-refractivity contribution in [1.29, 1.82) is 0 Å². The molecule has 0 unspecified atom stereocenters. The van der Waals surface area contributed by atoms with Crippen molar-refractivity contribution in [3.8, 4) is 0 Å². The van der Waals surface area contributed by atoms with Crippen LogP contribution in [0.25, 0.3) is 0 Å². The Kier molecular flexibility index (Phi) is 6.76. The summed E-state index contributed by atoms with van der Waals surface area (Å²) in [5, 5.41) is 3.86. The highest BCUT2D eigenvalue weighted by Gasteiger charge is 2.13. The molecule has 1 aromatic rings. The van der Waals surface area contributed by atoms with Crippen LogP contribution in [0.4, 0.5) is 0 Å². The van der Waals surface area contributed by atoms with Crippen LogP contribution in [0.5, 0.6) is 0 Å². The van der Waals surface area contributed by atoms with Crippen molar-refractivity contribution in [3.63, 3.8) is 0 Å². The Balaban J connectivity index is 2.25. The summed E-state index contributed by atoms with van der Waals surface area (Å²) in [6, 6.07) is -0.157. The van der Waals surface area contributed by atoms with Gasteiger partial charge in [0.1, 0.15) is 0 Å². The zero-order valence-electron chi connectivity index (χ0n) is 10.5. The lowest BCUT2D eigenvalue weighted by atomic mass is 10.2. The van der Waals surface area contributed by atoms with Crippen molar-refractivity contribution in [1.82, 2.24) is 10.1 Å². The third kappa shape index (κ3) is 5.25. The molecule has 1 aromatic heterocycles. The van der Waals surface area contributed by atoms with E-state index in [-0.39, 0.29) is 6.04 Å². The second-order valence-electron chi connectivity index (χ2n) is 3.80. The van der Waals surface area contributed by atoms with Crippen LogP contribution in [0.1, 0.15) is 37.5 Å². The van der Waals surface area contributed by atoms with E-state index in [1.54, 1.807) is 7.11 Å². The van der Waals surface area contributed by atoms with Gasteiger partial charge in [0.05, 0.1) is 25.9 Å². The maximum absolute atomic E-state index is 5.87. The van der Waals surface area contributed by atoms with Gasteiger partial charge in [-0.25, -0.2) is 0 Å². The van der Waals surface area contributed by atoms with E-state index < -0.39 is 0 Å². The summed E-state index contributed by atoms with van der Waals surface area (Å²) in [6.07, 6.45) is 2.48. The molecule has 0 bridgehead atoms.